The van der Waals surface area contributed by atoms with E-state index < -0.39 is 0 Å². The van der Waals surface area contributed by atoms with E-state index in [2.05, 4.69) is 45.5 Å². The van der Waals surface area contributed by atoms with Crippen molar-refractivity contribution in [1.82, 2.24) is 19.9 Å². The maximum Gasteiger partial charge on any atom is 0.230 e. The molecule has 0 N–H and O–H groups in total. The fraction of sp³-hybridized carbons (Fsp3) is 0.750. The number of aromatic nitrogens is 3. The fourth-order valence-corrected chi connectivity index (χ4v) is 2.24. The normalized spacial score (nSPS) is 11.1. The molecule has 0 aliphatic heterocycles. The second-order valence-corrected chi connectivity index (χ2v) is 4.81. The van der Waals surface area contributed by atoms with Crippen LogP contribution in [0.2, 0.25) is 10.6 Å². The summed E-state index contributed by atoms with van der Waals surface area (Å²) in [6, 6.07) is 0. The lowest BCUT2D eigenvalue weighted by Gasteiger charge is -2.23. The van der Waals surface area contributed by atoms with E-state index in [1.165, 1.54) is 0 Å². The third kappa shape index (κ3) is 5.47. The van der Waals surface area contributed by atoms with Gasteiger partial charge in [-0.1, -0.05) is 13.8 Å². The Balaban J connectivity index is 2.58. The summed E-state index contributed by atoms with van der Waals surface area (Å²) >= 11 is 11.6. The first kappa shape index (κ1) is 16.4. The molecule has 0 amide bonds. The maximum absolute atomic E-state index is 5.80. The first-order chi connectivity index (χ1) is 9.10. The van der Waals surface area contributed by atoms with Gasteiger partial charge in [-0.25, -0.2) is 0 Å². The van der Waals surface area contributed by atoms with Crippen LogP contribution < -0.4 is 4.90 Å². The molecule has 0 fully saturated rings. The van der Waals surface area contributed by atoms with E-state index in [4.69, 9.17) is 23.2 Å². The third-order valence-electron chi connectivity index (χ3n) is 3.03. The van der Waals surface area contributed by atoms with E-state index in [0.717, 1.165) is 39.1 Å². The van der Waals surface area contributed by atoms with E-state index in [0.29, 0.717) is 5.95 Å². The summed E-state index contributed by atoms with van der Waals surface area (Å²) in [5.41, 5.74) is 0. The molecule has 0 aliphatic carbocycles. The summed E-state index contributed by atoms with van der Waals surface area (Å²) in [7, 11) is 0. The van der Waals surface area contributed by atoms with Gasteiger partial charge in [0.2, 0.25) is 16.5 Å². The number of anilines is 1. The Bertz CT molecular complexity index is 364. The second kappa shape index (κ2) is 8.51. The number of nitrogens with zero attached hydrogens (tertiary/aromatic N) is 5. The minimum atomic E-state index is 0.136. The van der Waals surface area contributed by atoms with Gasteiger partial charge in [-0.05, 0) is 56.2 Å². The average molecular weight is 306 g/mol. The molecule has 1 aromatic heterocycles. The van der Waals surface area contributed by atoms with Crippen molar-refractivity contribution in [2.75, 3.05) is 37.6 Å². The zero-order chi connectivity index (χ0) is 14.3. The van der Waals surface area contributed by atoms with Gasteiger partial charge in [0.15, 0.2) is 0 Å². The van der Waals surface area contributed by atoms with Crippen LogP contribution >= 0.6 is 23.2 Å². The Hall–Kier alpha value is -0.650. The molecule has 0 unspecified atom stereocenters. The van der Waals surface area contributed by atoms with Crippen LogP contribution in [0, 0.1) is 0 Å². The van der Waals surface area contributed by atoms with Crippen molar-refractivity contribution in [3.05, 3.63) is 10.6 Å². The van der Waals surface area contributed by atoms with Crippen LogP contribution in [0.5, 0.6) is 0 Å². The fourth-order valence-electron chi connectivity index (χ4n) is 1.88. The van der Waals surface area contributed by atoms with E-state index in [-0.39, 0.29) is 10.6 Å². The molecule has 1 rings (SSSR count). The van der Waals surface area contributed by atoms with Gasteiger partial charge in [0, 0.05) is 13.1 Å². The Morgan fingerprint density at radius 1 is 0.842 bits per heavy atom. The smallest absolute Gasteiger partial charge is 0.230 e. The lowest BCUT2D eigenvalue weighted by molar-refractivity contribution is 0.300. The maximum atomic E-state index is 5.80. The van der Waals surface area contributed by atoms with Crippen LogP contribution in [-0.2, 0) is 0 Å². The van der Waals surface area contributed by atoms with E-state index in [9.17, 15) is 0 Å². The molecule has 0 spiro atoms. The highest BCUT2D eigenvalue weighted by atomic mass is 35.5. The molecule has 108 valence electrons. The van der Waals surface area contributed by atoms with E-state index >= 15 is 0 Å². The predicted octanol–water partition coefficient (Wildman–Crippen LogP) is 2.74. The molecule has 1 heterocycles. The highest BCUT2D eigenvalue weighted by Gasteiger charge is 2.11. The topological polar surface area (TPSA) is 45.2 Å². The Labute approximate surface area is 125 Å². The lowest BCUT2D eigenvalue weighted by Crippen LogP contribution is -2.31. The first-order valence-electron chi connectivity index (χ1n) is 6.65. The molecule has 1 aromatic rings. The van der Waals surface area contributed by atoms with Gasteiger partial charge in [-0.3, -0.25) is 0 Å². The largest absolute Gasteiger partial charge is 0.341 e. The zero-order valence-corrected chi connectivity index (χ0v) is 13.2. The summed E-state index contributed by atoms with van der Waals surface area (Å²) in [6.45, 7) is 11.3. The Morgan fingerprint density at radius 2 is 1.42 bits per heavy atom. The van der Waals surface area contributed by atoms with E-state index in [1.54, 1.807) is 0 Å². The van der Waals surface area contributed by atoms with Crippen LogP contribution in [0.3, 0.4) is 0 Å². The van der Waals surface area contributed by atoms with Gasteiger partial charge < -0.3 is 9.80 Å². The monoisotopic (exact) mass is 305 g/mol. The summed E-state index contributed by atoms with van der Waals surface area (Å²) in [5, 5.41) is 0.273. The molecular weight excluding hydrogens is 285 g/mol. The van der Waals surface area contributed by atoms with Crippen molar-refractivity contribution in [3.8, 4) is 0 Å². The minimum absolute atomic E-state index is 0.136. The molecule has 19 heavy (non-hydrogen) atoms. The van der Waals surface area contributed by atoms with Gasteiger partial charge in [0.05, 0.1) is 0 Å². The molecule has 0 atom stereocenters. The van der Waals surface area contributed by atoms with Gasteiger partial charge >= 0.3 is 0 Å². The van der Waals surface area contributed by atoms with E-state index in [1.807, 2.05) is 0 Å². The van der Waals surface area contributed by atoms with Crippen molar-refractivity contribution < 1.29 is 0 Å². The number of halogens is 2. The van der Waals surface area contributed by atoms with Gasteiger partial charge in [-0.15, -0.1) is 0 Å². The lowest BCUT2D eigenvalue weighted by atomic mass is 10.3. The molecule has 0 aliphatic rings. The summed E-state index contributed by atoms with van der Waals surface area (Å²) in [5.74, 6) is 0.548. The van der Waals surface area contributed by atoms with Crippen molar-refractivity contribution in [3.63, 3.8) is 0 Å². The van der Waals surface area contributed by atoms with Crippen LogP contribution in [0.25, 0.3) is 0 Å². The van der Waals surface area contributed by atoms with Crippen molar-refractivity contribution in [2.45, 2.75) is 27.2 Å². The average Bonchev–Trinajstić information content (AvgIpc) is 2.38. The summed E-state index contributed by atoms with van der Waals surface area (Å²) in [4.78, 5) is 16.4. The number of hydrogen-bond donors (Lipinski definition) is 0. The molecule has 0 saturated heterocycles. The van der Waals surface area contributed by atoms with Crippen molar-refractivity contribution >= 4 is 29.2 Å². The van der Waals surface area contributed by atoms with Gasteiger partial charge in [0.1, 0.15) is 0 Å². The van der Waals surface area contributed by atoms with Crippen LogP contribution in [-0.4, -0.2) is 52.6 Å². The molecule has 5 nitrogen and oxygen atoms in total. The highest BCUT2D eigenvalue weighted by Crippen LogP contribution is 2.14. The molecule has 0 radical (unpaired) electrons. The Morgan fingerprint density at radius 3 is 1.89 bits per heavy atom. The highest BCUT2D eigenvalue weighted by molar-refractivity contribution is 6.31. The zero-order valence-electron chi connectivity index (χ0n) is 11.7. The predicted molar refractivity (Wildman–Crippen MR) is 80.1 cm³/mol. The molecule has 7 heteroatoms. The van der Waals surface area contributed by atoms with Crippen LogP contribution in [0.4, 0.5) is 5.95 Å². The first-order valence-corrected chi connectivity index (χ1v) is 7.40. The summed E-state index contributed by atoms with van der Waals surface area (Å²) < 4.78 is 0. The van der Waals surface area contributed by atoms with Crippen molar-refractivity contribution in [2.24, 2.45) is 0 Å². The molecule has 0 saturated carbocycles. The molecule has 0 bridgehead atoms. The van der Waals surface area contributed by atoms with Crippen LogP contribution in [0.1, 0.15) is 27.2 Å². The Kier molecular flexibility index (Phi) is 7.34. The van der Waals surface area contributed by atoms with Crippen LogP contribution in [0.15, 0.2) is 0 Å². The van der Waals surface area contributed by atoms with Gasteiger partial charge in [0.25, 0.3) is 0 Å². The third-order valence-corrected chi connectivity index (χ3v) is 3.37. The van der Waals surface area contributed by atoms with Crippen molar-refractivity contribution in [1.29, 1.82) is 0 Å². The molecule has 0 aromatic carbocycles. The number of rotatable bonds is 8. The minimum Gasteiger partial charge on any atom is -0.341 e. The SMILES string of the molecule is CCN(CC)CCCN(CC)c1nc(Cl)nc(Cl)n1. The summed E-state index contributed by atoms with van der Waals surface area (Å²) in [6.07, 6.45) is 1.05. The second-order valence-electron chi connectivity index (χ2n) is 4.13. The number of hydrogen-bond acceptors (Lipinski definition) is 5. The quantitative estimate of drug-likeness (QED) is 0.739. The molecular formula is C12H21Cl2N5. The standard InChI is InChI=1S/C12H21Cl2N5/c1-4-18(5-2)8-7-9-19(6-3)12-16-10(13)15-11(14)17-12/h4-9H2,1-3H3. The van der Waals surface area contributed by atoms with Gasteiger partial charge in [-0.2, -0.15) is 15.0 Å².